The number of esters is 1. The highest BCUT2D eigenvalue weighted by atomic mass is 16.5. The number of furan rings is 1. The average Bonchev–Trinajstić information content (AvgIpc) is 3.27. The highest BCUT2D eigenvalue weighted by Gasteiger charge is 2.24. The van der Waals surface area contributed by atoms with Crippen LogP contribution >= 0.6 is 0 Å². The number of Topliss-reactive ketones (excluding diaryl/α,β-unsaturated/α-hetero) is 1. The number of H-pyrrole nitrogens is 1. The third-order valence-electron chi connectivity index (χ3n) is 4.84. The van der Waals surface area contributed by atoms with E-state index >= 15 is 0 Å². The van der Waals surface area contributed by atoms with Gasteiger partial charge in [0.1, 0.15) is 5.58 Å². The van der Waals surface area contributed by atoms with Crippen molar-refractivity contribution in [2.45, 2.75) is 20.5 Å². The fourth-order valence-electron chi connectivity index (χ4n) is 3.52. The summed E-state index contributed by atoms with van der Waals surface area (Å²) in [7, 11) is 0. The minimum Gasteiger partial charge on any atom is -0.451 e. The van der Waals surface area contributed by atoms with Crippen LogP contribution < -0.4 is 0 Å². The number of rotatable bonds is 7. The van der Waals surface area contributed by atoms with Crippen LogP contribution in [0.4, 0.5) is 0 Å². The first-order valence-corrected chi connectivity index (χ1v) is 9.46. The van der Waals surface area contributed by atoms with Crippen LogP contribution in [-0.4, -0.2) is 30.0 Å². The van der Waals surface area contributed by atoms with Crippen molar-refractivity contribution < 1.29 is 23.5 Å². The summed E-state index contributed by atoms with van der Waals surface area (Å²) in [5.41, 5.74) is 3.35. The SMILES string of the molecule is CCOCc1c(C(=O)OCC(=O)c2c(C)[nH]c3ccccc23)oc2ccccc12. The fraction of sp³-hybridized carbons (Fsp3) is 0.217. The van der Waals surface area contributed by atoms with Gasteiger partial charge in [-0.25, -0.2) is 4.79 Å². The van der Waals surface area contributed by atoms with E-state index in [4.69, 9.17) is 13.9 Å². The molecule has 0 radical (unpaired) electrons. The lowest BCUT2D eigenvalue weighted by atomic mass is 10.1. The van der Waals surface area contributed by atoms with Gasteiger partial charge in [-0.1, -0.05) is 36.4 Å². The minimum absolute atomic E-state index is 0.0723. The largest absolute Gasteiger partial charge is 0.451 e. The number of benzene rings is 2. The lowest BCUT2D eigenvalue weighted by Gasteiger charge is -2.05. The molecule has 0 fully saturated rings. The molecule has 6 nitrogen and oxygen atoms in total. The number of para-hydroxylation sites is 2. The quantitative estimate of drug-likeness (QED) is 0.361. The Hall–Kier alpha value is -3.38. The maximum atomic E-state index is 12.8. The summed E-state index contributed by atoms with van der Waals surface area (Å²) in [5, 5.41) is 1.61. The zero-order valence-corrected chi connectivity index (χ0v) is 16.3. The summed E-state index contributed by atoms with van der Waals surface area (Å²) >= 11 is 0. The van der Waals surface area contributed by atoms with Crippen LogP contribution in [-0.2, 0) is 16.1 Å². The molecule has 0 saturated heterocycles. The predicted molar refractivity (Wildman–Crippen MR) is 109 cm³/mol. The molecular formula is C23H21NO5. The van der Waals surface area contributed by atoms with E-state index in [2.05, 4.69) is 4.98 Å². The smallest absolute Gasteiger partial charge is 0.375 e. The number of carbonyl (C=O) groups excluding carboxylic acids is 2. The van der Waals surface area contributed by atoms with Crippen molar-refractivity contribution in [1.82, 2.24) is 4.98 Å². The van der Waals surface area contributed by atoms with Crippen LogP contribution in [0.1, 0.15) is 39.1 Å². The number of hydrogen-bond donors (Lipinski definition) is 1. The number of fused-ring (bicyclic) bond motifs is 2. The lowest BCUT2D eigenvalue weighted by Crippen LogP contribution is -2.15. The number of carbonyl (C=O) groups is 2. The molecule has 0 atom stereocenters. The van der Waals surface area contributed by atoms with Gasteiger partial charge in [-0.3, -0.25) is 4.79 Å². The number of ether oxygens (including phenoxy) is 2. The van der Waals surface area contributed by atoms with Gasteiger partial charge in [-0.15, -0.1) is 0 Å². The molecule has 0 aliphatic carbocycles. The molecule has 2 aromatic heterocycles. The molecule has 4 aromatic rings. The molecule has 6 heteroatoms. The number of nitrogens with one attached hydrogen (secondary N) is 1. The normalized spacial score (nSPS) is 11.2. The average molecular weight is 391 g/mol. The highest BCUT2D eigenvalue weighted by Crippen LogP contribution is 2.28. The monoisotopic (exact) mass is 391 g/mol. The van der Waals surface area contributed by atoms with Crippen molar-refractivity contribution >= 4 is 33.6 Å². The Bertz CT molecular complexity index is 1200. The van der Waals surface area contributed by atoms with Crippen LogP contribution in [0, 0.1) is 6.92 Å². The minimum atomic E-state index is -0.679. The maximum absolute atomic E-state index is 12.8. The second-order valence-electron chi connectivity index (χ2n) is 6.71. The Labute approximate surface area is 167 Å². The van der Waals surface area contributed by atoms with E-state index in [0.717, 1.165) is 22.0 Å². The van der Waals surface area contributed by atoms with Gasteiger partial charge < -0.3 is 18.9 Å². The summed E-state index contributed by atoms with van der Waals surface area (Å²) < 4.78 is 16.5. The van der Waals surface area contributed by atoms with Crippen LogP contribution in [0.5, 0.6) is 0 Å². The summed E-state index contributed by atoms with van der Waals surface area (Å²) in [6.07, 6.45) is 0. The second-order valence-corrected chi connectivity index (χ2v) is 6.71. The second kappa shape index (κ2) is 7.93. The van der Waals surface area contributed by atoms with Crippen LogP contribution in [0.25, 0.3) is 21.9 Å². The van der Waals surface area contributed by atoms with Gasteiger partial charge in [-0.2, -0.15) is 0 Å². The van der Waals surface area contributed by atoms with Crippen molar-refractivity contribution in [3.8, 4) is 0 Å². The topological polar surface area (TPSA) is 81.5 Å². The molecule has 2 heterocycles. The van der Waals surface area contributed by atoms with Crippen LogP contribution in [0.2, 0.25) is 0 Å². The standard InChI is InChI=1S/C23H21NO5/c1-3-27-12-17-15-8-5-7-11-20(15)29-22(17)23(26)28-13-19(25)21-14(2)24-18-10-6-4-9-16(18)21/h4-11,24H,3,12-13H2,1-2H3. The summed E-state index contributed by atoms with van der Waals surface area (Å²) in [6, 6.07) is 14.9. The molecule has 29 heavy (non-hydrogen) atoms. The zero-order chi connectivity index (χ0) is 20.4. The van der Waals surface area contributed by atoms with Gasteiger partial charge in [0, 0.05) is 39.7 Å². The number of aryl methyl sites for hydroxylation is 1. The number of ketones is 1. The molecule has 0 unspecified atom stereocenters. The molecule has 0 saturated carbocycles. The lowest BCUT2D eigenvalue weighted by molar-refractivity contribution is 0.0439. The van der Waals surface area contributed by atoms with Crippen molar-refractivity contribution in [3.63, 3.8) is 0 Å². The molecule has 148 valence electrons. The Kier molecular flexibility index (Phi) is 5.18. The molecule has 0 aliphatic heterocycles. The first-order valence-electron chi connectivity index (χ1n) is 9.46. The van der Waals surface area contributed by atoms with Crippen LogP contribution in [0.3, 0.4) is 0 Å². The first-order chi connectivity index (χ1) is 14.1. The van der Waals surface area contributed by atoms with E-state index < -0.39 is 5.97 Å². The third-order valence-corrected chi connectivity index (χ3v) is 4.84. The van der Waals surface area contributed by atoms with Gasteiger partial charge in [0.05, 0.1) is 6.61 Å². The number of aromatic nitrogens is 1. The molecule has 0 spiro atoms. The Morgan fingerprint density at radius 3 is 2.55 bits per heavy atom. The summed E-state index contributed by atoms with van der Waals surface area (Å²) in [4.78, 5) is 28.6. The van der Waals surface area contributed by atoms with E-state index in [1.165, 1.54) is 0 Å². The number of hydrogen-bond acceptors (Lipinski definition) is 5. The third kappa shape index (κ3) is 3.54. The summed E-state index contributed by atoms with van der Waals surface area (Å²) in [6.45, 7) is 4.07. The molecular weight excluding hydrogens is 370 g/mol. The van der Waals surface area contributed by atoms with Gasteiger partial charge in [-0.05, 0) is 26.0 Å². The Balaban J connectivity index is 1.57. The van der Waals surface area contributed by atoms with Gasteiger partial charge in [0.2, 0.25) is 11.5 Å². The zero-order valence-electron chi connectivity index (χ0n) is 16.3. The van der Waals surface area contributed by atoms with E-state index in [0.29, 0.717) is 23.3 Å². The molecule has 0 aliphatic rings. The Morgan fingerprint density at radius 2 is 1.76 bits per heavy atom. The predicted octanol–water partition coefficient (Wildman–Crippen LogP) is 4.80. The van der Waals surface area contributed by atoms with Crippen LogP contribution in [0.15, 0.2) is 52.9 Å². The molecule has 4 rings (SSSR count). The van der Waals surface area contributed by atoms with Crippen molar-refractivity contribution in [2.24, 2.45) is 0 Å². The van der Waals surface area contributed by atoms with E-state index in [-0.39, 0.29) is 24.8 Å². The van der Waals surface area contributed by atoms with Crippen molar-refractivity contribution in [1.29, 1.82) is 0 Å². The van der Waals surface area contributed by atoms with E-state index in [1.807, 2.05) is 56.3 Å². The highest BCUT2D eigenvalue weighted by molar-refractivity contribution is 6.10. The van der Waals surface area contributed by atoms with E-state index in [1.54, 1.807) is 6.07 Å². The van der Waals surface area contributed by atoms with E-state index in [9.17, 15) is 9.59 Å². The first kappa shape index (κ1) is 19.0. The molecule has 1 N–H and O–H groups in total. The fourth-order valence-corrected chi connectivity index (χ4v) is 3.52. The van der Waals surface area contributed by atoms with Gasteiger partial charge >= 0.3 is 5.97 Å². The van der Waals surface area contributed by atoms with Crippen molar-refractivity contribution in [2.75, 3.05) is 13.2 Å². The van der Waals surface area contributed by atoms with Gasteiger partial charge in [0.15, 0.2) is 6.61 Å². The summed E-state index contributed by atoms with van der Waals surface area (Å²) in [5.74, 6) is -0.874. The van der Waals surface area contributed by atoms with Gasteiger partial charge in [0.25, 0.3) is 0 Å². The molecule has 0 bridgehead atoms. The Morgan fingerprint density at radius 1 is 1.03 bits per heavy atom. The molecule has 2 aromatic carbocycles. The molecule has 0 amide bonds. The maximum Gasteiger partial charge on any atom is 0.375 e. The van der Waals surface area contributed by atoms with Crippen molar-refractivity contribution in [3.05, 3.63) is 71.1 Å². The number of aromatic amines is 1.